The summed E-state index contributed by atoms with van der Waals surface area (Å²) < 4.78 is 1.37. The van der Waals surface area contributed by atoms with E-state index in [-0.39, 0.29) is 5.84 Å². The lowest BCUT2D eigenvalue weighted by Crippen LogP contribution is -2.16. The van der Waals surface area contributed by atoms with Crippen molar-refractivity contribution in [2.24, 2.45) is 10.9 Å². The van der Waals surface area contributed by atoms with Gasteiger partial charge in [-0.05, 0) is 6.07 Å². The number of nitrogens with two attached hydrogens (primary N) is 1. The van der Waals surface area contributed by atoms with Crippen LogP contribution < -0.4 is 5.73 Å². The van der Waals surface area contributed by atoms with Crippen LogP contribution in [0.3, 0.4) is 0 Å². The van der Waals surface area contributed by atoms with Crippen LogP contribution in [0, 0.1) is 0 Å². The highest BCUT2D eigenvalue weighted by Crippen LogP contribution is 1.99. The average molecular weight is 205 g/mol. The second-order valence-corrected chi connectivity index (χ2v) is 2.57. The Kier molecular flexibility index (Phi) is 2.23. The van der Waals surface area contributed by atoms with E-state index in [2.05, 4.69) is 25.2 Å². The predicted molar refractivity (Wildman–Crippen MR) is 49.5 cm³/mol. The molecule has 0 amide bonds. The molecule has 76 valence electrons. The first-order valence-electron chi connectivity index (χ1n) is 3.97. The van der Waals surface area contributed by atoms with Crippen LogP contribution in [-0.4, -0.2) is 35.8 Å². The third-order valence-corrected chi connectivity index (χ3v) is 1.64. The summed E-state index contributed by atoms with van der Waals surface area (Å²) in [5, 5.41) is 15.2. The van der Waals surface area contributed by atoms with Crippen LogP contribution in [0.15, 0.2) is 30.1 Å². The Balaban J connectivity index is 2.44. The van der Waals surface area contributed by atoms with Gasteiger partial charge in [-0.1, -0.05) is 5.16 Å². The van der Waals surface area contributed by atoms with Gasteiger partial charge in [0.25, 0.3) is 5.95 Å². The maximum Gasteiger partial charge on any atom is 0.252 e. The Morgan fingerprint density at radius 2 is 2.40 bits per heavy atom. The predicted octanol–water partition coefficient (Wildman–Crippen LogP) is -0.848. The molecule has 8 nitrogen and oxygen atoms in total. The van der Waals surface area contributed by atoms with E-state index in [4.69, 9.17) is 10.9 Å². The normalized spacial score (nSPS) is 11.6. The fraction of sp³-hybridized carbons (Fsp3) is 0. The first kappa shape index (κ1) is 9.06. The molecular weight excluding hydrogens is 198 g/mol. The lowest BCUT2D eigenvalue weighted by Gasteiger charge is -2.00. The Morgan fingerprint density at radius 3 is 3.07 bits per heavy atom. The van der Waals surface area contributed by atoms with Crippen molar-refractivity contribution in [3.05, 3.63) is 30.6 Å². The molecule has 0 unspecified atom stereocenters. The van der Waals surface area contributed by atoms with Gasteiger partial charge in [0.2, 0.25) is 0 Å². The minimum Gasteiger partial charge on any atom is -0.409 e. The van der Waals surface area contributed by atoms with Crippen molar-refractivity contribution in [3.8, 4) is 5.95 Å². The highest BCUT2D eigenvalue weighted by molar-refractivity contribution is 5.95. The Morgan fingerprint density at radius 1 is 1.53 bits per heavy atom. The zero-order chi connectivity index (χ0) is 10.7. The second kappa shape index (κ2) is 3.70. The average Bonchev–Trinajstić information content (AvgIpc) is 2.82. The SMILES string of the molecule is N/C(=N/O)c1ccnc(-n2cncn2)n1. The van der Waals surface area contributed by atoms with Crippen LogP contribution in [-0.2, 0) is 0 Å². The number of nitrogens with zero attached hydrogens (tertiary/aromatic N) is 6. The van der Waals surface area contributed by atoms with Gasteiger partial charge in [-0.2, -0.15) is 9.78 Å². The summed E-state index contributed by atoms with van der Waals surface area (Å²) in [6, 6.07) is 1.52. The van der Waals surface area contributed by atoms with Crippen molar-refractivity contribution in [2.45, 2.75) is 0 Å². The number of rotatable bonds is 2. The molecule has 0 spiro atoms. The van der Waals surface area contributed by atoms with E-state index in [1.807, 2.05) is 0 Å². The third kappa shape index (κ3) is 1.73. The maximum absolute atomic E-state index is 8.48. The second-order valence-electron chi connectivity index (χ2n) is 2.57. The molecule has 8 heteroatoms. The number of amidine groups is 1. The van der Waals surface area contributed by atoms with Crippen molar-refractivity contribution in [3.63, 3.8) is 0 Å². The largest absolute Gasteiger partial charge is 0.409 e. The van der Waals surface area contributed by atoms with Crippen molar-refractivity contribution < 1.29 is 5.21 Å². The van der Waals surface area contributed by atoms with Crippen LogP contribution >= 0.6 is 0 Å². The van der Waals surface area contributed by atoms with Gasteiger partial charge in [0.1, 0.15) is 18.3 Å². The topological polar surface area (TPSA) is 115 Å². The zero-order valence-corrected chi connectivity index (χ0v) is 7.52. The Bertz CT molecular complexity index is 478. The van der Waals surface area contributed by atoms with Crippen LogP contribution in [0.2, 0.25) is 0 Å². The molecule has 0 aliphatic rings. The molecule has 0 aliphatic carbocycles. The minimum absolute atomic E-state index is 0.0845. The first-order valence-corrected chi connectivity index (χ1v) is 3.97. The molecule has 0 aliphatic heterocycles. The summed E-state index contributed by atoms with van der Waals surface area (Å²) in [5.41, 5.74) is 5.70. The summed E-state index contributed by atoms with van der Waals surface area (Å²) in [7, 11) is 0. The van der Waals surface area contributed by atoms with Crippen molar-refractivity contribution >= 4 is 5.84 Å². The van der Waals surface area contributed by atoms with E-state index in [1.54, 1.807) is 0 Å². The molecule has 0 fully saturated rings. The quantitative estimate of drug-likeness (QED) is 0.285. The Labute approximate surface area is 84.1 Å². The van der Waals surface area contributed by atoms with Gasteiger partial charge in [-0.15, -0.1) is 0 Å². The van der Waals surface area contributed by atoms with Gasteiger partial charge in [0.15, 0.2) is 5.84 Å². The summed E-state index contributed by atoms with van der Waals surface area (Å²) in [4.78, 5) is 11.7. The molecule has 0 saturated carbocycles. The van der Waals surface area contributed by atoms with Crippen LogP contribution in [0.1, 0.15) is 5.69 Å². The number of hydrogen-bond acceptors (Lipinski definition) is 6. The van der Waals surface area contributed by atoms with E-state index in [1.165, 1.54) is 29.6 Å². The summed E-state index contributed by atoms with van der Waals surface area (Å²) in [5.74, 6) is 0.218. The van der Waals surface area contributed by atoms with E-state index in [9.17, 15) is 0 Å². The number of aromatic nitrogens is 5. The smallest absolute Gasteiger partial charge is 0.252 e. The number of oxime groups is 1. The molecule has 0 bridgehead atoms. The van der Waals surface area contributed by atoms with Crippen LogP contribution in [0.25, 0.3) is 5.95 Å². The lowest BCUT2D eigenvalue weighted by atomic mass is 10.4. The number of hydrogen-bond donors (Lipinski definition) is 2. The van der Waals surface area contributed by atoms with E-state index in [0.29, 0.717) is 11.6 Å². The van der Waals surface area contributed by atoms with Gasteiger partial charge < -0.3 is 10.9 Å². The maximum atomic E-state index is 8.48. The van der Waals surface area contributed by atoms with E-state index in [0.717, 1.165) is 0 Å². The van der Waals surface area contributed by atoms with Gasteiger partial charge in [-0.3, -0.25) is 0 Å². The molecule has 2 heterocycles. The molecule has 15 heavy (non-hydrogen) atoms. The molecule has 2 aromatic rings. The summed E-state index contributed by atoms with van der Waals surface area (Å²) in [6.07, 6.45) is 4.29. The molecular formula is C7H7N7O. The zero-order valence-electron chi connectivity index (χ0n) is 7.52. The molecule has 0 aromatic carbocycles. The molecule has 0 saturated heterocycles. The Hall–Kier alpha value is -2.51. The highest BCUT2D eigenvalue weighted by Gasteiger charge is 2.05. The summed E-state index contributed by atoms with van der Waals surface area (Å²) >= 11 is 0. The van der Waals surface area contributed by atoms with Crippen molar-refractivity contribution in [2.75, 3.05) is 0 Å². The van der Waals surface area contributed by atoms with E-state index < -0.39 is 0 Å². The summed E-state index contributed by atoms with van der Waals surface area (Å²) in [6.45, 7) is 0. The molecule has 2 rings (SSSR count). The van der Waals surface area contributed by atoms with Crippen LogP contribution in [0.5, 0.6) is 0 Å². The molecule has 2 aromatic heterocycles. The highest BCUT2D eigenvalue weighted by atomic mass is 16.4. The standard InChI is InChI=1S/C7H7N7O/c8-6(13-15)5-1-2-10-7(12-5)14-4-9-3-11-14/h1-4,15H,(H2,8,13). The minimum atomic E-state index is -0.0845. The van der Waals surface area contributed by atoms with E-state index >= 15 is 0 Å². The monoisotopic (exact) mass is 205 g/mol. The van der Waals surface area contributed by atoms with Gasteiger partial charge in [0.05, 0.1) is 0 Å². The first-order chi connectivity index (χ1) is 7.31. The third-order valence-electron chi connectivity index (χ3n) is 1.64. The van der Waals surface area contributed by atoms with Gasteiger partial charge >= 0.3 is 0 Å². The fourth-order valence-corrected chi connectivity index (χ4v) is 0.964. The van der Waals surface area contributed by atoms with Crippen molar-refractivity contribution in [1.29, 1.82) is 0 Å². The molecule has 3 N–H and O–H groups in total. The van der Waals surface area contributed by atoms with Crippen molar-refractivity contribution in [1.82, 2.24) is 24.7 Å². The lowest BCUT2D eigenvalue weighted by molar-refractivity contribution is 0.318. The fourth-order valence-electron chi connectivity index (χ4n) is 0.964. The molecule has 0 atom stereocenters. The van der Waals surface area contributed by atoms with Gasteiger partial charge in [0, 0.05) is 6.20 Å². The van der Waals surface area contributed by atoms with Gasteiger partial charge in [-0.25, -0.2) is 15.0 Å². The molecule has 0 radical (unpaired) electrons. The van der Waals surface area contributed by atoms with Crippen LogP contribution in [0.4, 0.5) is 0 Å².